The summed E-state index contributed by atoms with van der Waals surface area (Å²) in [7, 11) is 4.78. The summed E-state index contributed by atoms with van der Waals surface area (Å²) in [5.74, 6) is 1.40. The molecule has 0 fully saturated rings. The van der Waals surface area contributed by atoms with Crippen molar-refractivity contribution in [1.29, 1.82) is 0 Å². The molecule has 16 heavy (non-hydrogen) atoms. The topological polar surface area (TPSA) is 60.0 Å². The van der Waals surface area contributed by atoms with E-state index in [1.807, 2.05) is 6.07 Å². The molecular weight excluding hydrogens is 210 g/mol. The van der Waals surface area contributed by atoms with Crippen molar-refractivity contribution in [3.05, 3.63) is 23.3 Å². The Hall–Kier alpha value is -1.30. The molecule has 0 amide bonds. The number of ether oxygens (including phenoxy) is 3. The molecule has 0 atom stereocenters. The number of rotatable bonds is 6. The maximum absolute atomic E-state index is 8.81. The minimum Gasteiger partial charge on any atom is -0.496 e. The van der Waals surface area contributed by atoms with Gasteiger partial charge < -0.3 is 19.4 Å². The number of hydroxylamine groups is 1. The van der Waals surface area contributed by atoms with Crippen molar-refractivity contribution in [3.63, 3.8) is 0 Å². The molecule has 0 bridgehead atoms. The Morgan fingerprint density at radius 3 is 2.06 bits per heavy atom. The highest BCUT2D eigenvalue weighted by atomic mass is 16.5. The summed E-state index contributed by atoms with van der Waals surface area (Å²) in [6.07, 6.45) is 0. The molecule has 0 spiro atoms. The van der Waals surface area contributed by atoms with Crippen LogP contribution in [0.2, 0.25) is 0 Å². The summed E-state index contributed by atoms with van der Waals surface area (Å²) < 4.78 is 15.6. The molecule has 1 aromatic rings. The first-order valence-corrected chi connectivity index (χ1v) is 4.87. The second-order valence-corrected chi connectivity index (χ2v) is 3.20. The molecule has 0 aromatic heterocycles. The van der Waals surface area contributed by atoms with Crippen LogP contribution in [0, 0.1) is 0 Å². The molecule has 90 valence electrons. The Morgan fingerprint density at radius 2 is 1.62 bits per heavy atom. The second-order valence-electron chi connectivity index (χ2n) is 3.20. The molecular formula is C11H17NO4. The van der Waals surface area contributed by atoms with Crippen LogP contribution in [0.15, 0.2) is 12.1 Å². The fourth-order valence-electron chi connectivity index (χ4n) is 1.61. The number of methoxy groups -OCH3 is 3. The Bertz CT molecular complexity index is 308. The van der Waals surface area contributed by atoms with Crippen LogP contribution in [-0.4, -0.2) is 26.5 Å². The standard InChI is InChI=1S/C11H17NO4/c1-14-7-9-8(6-12-13)10(15-2)4-5-11(9)16-3/h4-5,12-13H,6-7H2,1-3H3. The Kier molecular flexibility index (Phi) is 5.04. The molecule has 0 saturated heterocycles. The third kappa shape index (κ3) is 2.63. The van der Waals surface area contributed by atoms with Gasteiger partial charge >= 0.3 is 0 Å². The quantitative estimate of drug-likeness (QED) is 0.718. The van der Waals surface area contributed by atoms with Gasteiger partial charge in [-0.05, 0) is 12.1 Å². The number of benzene rings is 1. The first-order valence-electron chi connectivity index (χ1n) is 4.87. The molecule has 0 aliphatic heterocycles. The Balaban J connectivity index is 3.22. The van der Waals surface area contributed by atoms with Crippen LogP contribution in [0.25, 0.3) is 0 Å². The molecule has 0 aliphatic carbocycles. The predicted molar refractivity (Wildman–Crippen MR) is 58.9 cm³/mol. The lowest BCUT2D eigenvalue weighted by atomic mass is 10.1. The average Bonchev–Trinajstić information content (AvgIpc) is 2.31. The molecule has 0 heterocycles. The highest BCUT2D eigenvalue weighted by molar-refractivity contribution is 5.48. The lowest BCUT2D eigenvalue weighted by Gasteiger charge is -2.16. The zero-order valence-corrected chi connectivity index (χ0v) is 9.74. The summed E-state index contributed by atoms with van der Waals surface area (Å²) in [6.45, 7) is 0.677. The van der Waals surface area contributed by atoms with Crippen LogP contribution in [0.1, 0.15) is 11.1 Å². The molecule has 0 aliphatic rings. The lowest BCUT2D eigenvalue weighted by molar-refractivity contribution is 0.155. The van der Waals surface area contributed by atoms with E-state index in [0.717, 1.165) is 11.1 Å². The molecule has 2 N–H and O–H groups in total. The minimum absolute atomic E-state index is 0.277. The van der Waals surface area contributed by atoms with Crippen molar-refractivity contribution in [2.45, 2.75) is 13.2 Å². The fraction of sp³-hybridized carbons (Fsp3) is 0.455. The van der Waals surface area contributed by atoms with E-state index in [4.69, 9.17) is 19.4 Å². The molecule has 1 aromatic carbocycles. The zero-order chi connectivity index (χ0) is 12.0. The summed E-state index contributed by atoms with van der Waals surface area (Å²) in [5, 5.41) is 8.81. The monoisotopic (exact) mass is 227 g/mol. The van der Waals surface area contributed by atoms with Crippen LogP contribution in [0.5, 0.6) is 11.5 Å². The summed E-state index contributed by atoms with van der Waals surface area (Å²) >= 11 is 0. The van der Waals surface area contributed by atoms with Crippen LogP contribution in [-0.2, 0) is 17.9 Å². The van der Waals surface area contributed by atoms with E-state index in [2.05, 4.69) is 5.48 Å². The molecule has 5 nitrogen and oxygen atoms in total. The van der Waals surface area contributed by atoms with E-state index < -0.39 is 0 Å². The van der Waals surface area contributed by atoms with Crippen molar-refractivity contribution in [2.24, 2.45) is 0 Å². The number of hydrogen-bond donors (Lipinski definition) is 2. The van der Waals surface area contributed by atoms with E-state index in [1.165, 1.54) is 0 Å². The van der Waals surface area contributed by atoms with Crippen LogP contribution in [0.4, 0.5) is 0 Å². The molecule has 0 unspecified atom stereocenters. The van der Waals surface area contributed by atoms with Gasteiger partial charge in [-0.3, -0.25) is 0 Å². The fourth-order valence-corrected chi connectivity index (χ4v) is 1.61. The van der Waals surface area contributed by atoms with Gasteiger partial charge in [-0.15, -0.1) is 0 Å². The highest BCUT2D eigenvalue weighted by Crippen LogP contribution is 2.30. The van der Waals surface area contributed by atoms with E-state index in [0.29, 0.717) is 18.1 Å². The molecule has 0 radical (unpaired) electrons. The lowest BCUT2D eigenvalue weighted by Crippen LogP contribution is -2.11. The van der Waals surface area contributed by atoms with Gasteiger partial charge in [0.05, 0.1) is 20.8 Å². The van der Waals surface area contributed by atoms with Gasteiger partial charge in [-0.1, -0.05) is 0 Å². The van der Waals surface area contributed by atoms with Gasteiger partial charge in [-0.25, -0.2) is 5.48 Å². The first-order chi connectivity index (χ1) is 7.78. The average molecular weight is 227 g/mol. The number of nitrogens with one attached hydrogen (secondary N) is 1. The van der Waals surface area contributed by atoms with Gasteiger partial charge in [0.1, 0.15) is 11.5 Å². The van der Waals surface area contributed by atoms with Gasteiger partial charge in [0.15, 0.2) is 0 Å². The van der Waals surface area contributed by atoms with Crippen molar-refractivity contribution in [2.75, 3.05) is 21.3 Å². The molecule has 5 heteroatoms. The maximum atomic E-state index is 8.81. The second kappa shape index (κ2) is 6.32. The maximum Gasteiger partial charge on any atom is 0.124 e. The minimum atomic E-state index is 0.277. The van der Waals surface area contributed by atoms with Crippen LogP contribution in [0.3, 0.4) is 0 Å². The third-order valence-electron chi connectivity index (χ3n) is 2.33. The first kappa shape index (κ1) is 12.8. The normalized spacial score (nSPS) is 10.2. The SMILES string of the molecule is COCc1c(OC)ccc(OC)c1CNO. The van der Waals surface area contributed by atoms with Crippen molar-refractivity contribution < 1.29 is 19.4 Å². The Morgan fingerprint density at radius 1 is 1.06 bits per heavy atom. The largest absolute Gasteiger partial charge is 0.496 e. The molecule has 0 saturated carbocycles. The Labute approximate surface area is 94.9 Å². The smallest absolute Gasteiger partial charge is 0.124 e. The predicted octanol–water partition coefficient (Wildman–Crippen LogP) is 1.33. The van der Waals surface area contributed by atoms with E-state index in [9.17, 15) is 0 Å². The number of hydrogen-bond acceptors (Lipinski definition) is 5. The van der Waals surface area contributed by atoms with Crippen LogP contribution < -0.4 is 15.0 Å². The van der Waals surface area contributed by atoms with Crippen molar-refractivity contribution >= 4 is 0 Å². The summed E-state index contributed by atoms with van der Waals surface area (Å²) in [6, 6.07) is 3.61. The molecule has 1 rings (SSSR count). The zero-order valence-electron chi connectivity index (χ0n) is 9.74. The van der Waals surface area contributed by atoms with Crippen molar-refractivity contribution in [3.8, 4) is 11.5 Å². The summed E-state index contributed by atoms with van der Waals surface area (Å²) in [4.78, 5) is 0. The summed E-state index contributed by atoms with van der Waals surface area (Å²) in [5.41, 5.74) is 3.81. The van der Waals surface area contributed by atoms with E-state index in [-0.39, 0.29) is 6.54 Å². The van der Waals surface area contributed by atoms with Gasteiger partial charge in [0.25, 0.3) is 0 Å². The van der Waals surface area contributed by atoms with Gasteiger partial charge in [0, 0.05) is 24.8 Å². The van der Waals surface area contributed by atoms with Gasteiger partial charge in [-0.2, -0.15) is 0 Å². The highest BCUT2D eigenvalue weighted by Gasteiger charge is 2.14. The third-order valence-corrected chi connectivity index (χ3v) is 2.33. The van der Waals surface area contributed by atoms with E-state index >= 15 is 0 Å². The van der Waals surface area contributed by atoms with Crippen LogP contribution >= 0.6 is 0 Å². The van der Waals surface area contributed by atoms with Gasteiger partial charge in [0.2, 0.25) is 0 Å². The van der Waals surface area contributed by atoms with Crippen molar-refractivity contribution in [1.82, 2.24) is 5.48 Å². The van der Waals surface area contributed by atoms with E-state index in [1.54, 1.807) is 27.4 Å².